The second-order valence-electron chi connectivity index (χ2n) is 3.76. The van der Waals surface area contributed by atoms with Gasteiger partial charge in [-0.1, -0.05) is 11.6 Å². The van der Waals surface area contributed by atoms with E-state index in [1.54, 1.807) is 0 Å². The van der Waals surface area contributed by atoms with Gasteiger partial charge in [-0.3, -0.25) is 9.52 Å². The summed E-state index contributed by atoms with van der Waals surface area (Å²) in [5.41, 5.74) is -1.52. The topological polar surface area (TPSA) is 83.5 Å². The van der Waals surface area contributed by atoms with E-state index in [0.717, 1.165) is 6.07 Å². The van der Waals surface area contributed by atoms with Gasteiger partial charge in [-0.25, -0.2) is 8.42 Å². The Morgan fingerprint density at radius 3 is 2.45 bits per heavy atom. The van der Waals surface area contributed by atoms with Crippen molar-refractivity contribution in [3.05, 3.63) is 28.8 Å². The Hall–Kier alpha value is -1.48. The average Bonchev–Trinajstić information content (AvgIpc) is 2.28. The number of alkyl halides is 3. The van der Waals surface area contributed by atoms with Crippen molar-refractivity contribution in [2.24, 2.45) is 0 Å². The number of benzene rings is 1. The first-order chi connectivity index (χ1) is 9.01. The van der Waals surface area contributed by atoms with Crippen LogP contribution in [0.25, 0.3) is 0 Å². The van der Waals surface area contributed by atoms with E-state index in [4.69, 9.17) is 16.7 Å². The first-order valence-electron chi connectivity index (χ1n) is 5.10. The van der Waals surface area contributed by atoms with Gasteiger partial charge in [-0.15, -0.1) is 0 Å². The van der Waals surface area contributed by atoms with Gasteiger partial charge in [0.15, 0.2) is 0 Å². The summed E-state index contributed by atoms with van der Waals surface area (Å²) in [4.78, 5) is 10.3. The van der Waals surface area contributed by atoms with Gasteiger partial charge in [0.2, 0.25) is 10.0 Å². The summed E-state index contributed by atoms with van der Waals surface area (Å²) >= 11 is 5.60. The molecule has 0 aliphatic rings. The molecule has 5 nitrogen and oxygen atoms in total. The molecule has 1 aromatic carbocycles. The lowest BCUT2D eigenvalue weighted by Crippen LogP contribution is -2.19. The summed E-state index contributed by atoms with van der Waals surface area (Å²) in [6, 6.07) is 2.15. The molecule has 0 unspecified atom stereocenters. The van der Waals surface area contributed by atoms with E-state index in [1.807, 2.05) is 4.72 Å². The molecule has 0 bridgehead atoms. The molecule has 10 heteroatoms. The van der Waals surface area contributed by atoms with Crippen LogP contribution < -0.4 is 4.72 Å². The van der Waals surface area contributed by atoms with Crippen LogP contribution in [0.1, 0.15) is 12.0 Å². The van der Waals surface area contributed by atoms with Crippen LogP contribution in [-0.4, -0.2) is 25.2 Å². The largest absolute Gasteiger partial charge is 0.481 e. The molecule has 1 aromatic rings. The summed E-state index contributed by atoms with van der Waals surface area (Å²) in [6.45, 7) is 0. The van der Waals surface area contributed by atoms with Crippen molar-refractivity contribution in [1.29, 1.82) is 0 Å². The monoisotopic (exact) mass is 331 g/mol. The van der Waals surface area contributed by atoms with E-state index < -0.39 is 45.6 Å². The Morgan fingerprint density at radius 1 is 1.35 bits per heavy atom. The smallest absolute Gasteiger partial charge is 0.416 e. The number of sulfonamides is 1. The number of carboxylic acid groups (broad SMARTS) is 1. The number of rotatable bonds is 5. The van der Waals surface area contributed by atoms with Crippen molar-refractivity contribution in [3.8, 4) is 0 Å². The fourth-order valence-corrected chi connectivity index (χ4v) is 2.49. The second kappa shape index (κ2) is 5.88. The number of halogens is 4. The number of nitrogens with one attached hydrogen (secondary N) is 1. The standard InChI is InChI=1S/C10H9ClF3NO4S/c11-7-2-1-6(10(12,13)14)5-8(7)15-20(18,19)4-3-9(16)17/h1-2,5,15H,3-4H2,(H,16,17). The molecule has 0 fully saturated rings. The third kappa shape index (κ3) is 4.89. The van der Waals surface area contributed by atoms with Gasteiger partial charge in [0.25, 0.3) is 0 Å². The number of aliphatic carboxylic acids is 1. The number of anilines is 1. The van der Waals surface area contributed by atoms with Gasteiger partial charge >= 0.3 is 12.1 Å². The minimum absolute atomic E-state index is 0.225. The molecular weight excluding hydrogens is 323 g/mol. The summed E-state index contributed by atoms with van der Waals surface area (Å²) in [6.07, 6.45) is -5.32. The van der Waals surface area contributed by atoms with Crippen molar-refractivity contribution in [3.63, 3.8) is 0 Å². The number of carbonyl (C=O) groups is 1. The number of hydrogen-bond donors (Lipinski definition) is 2. The van der Waals surface area contributed by atoms with Gasteiger partial charge in [0, 0.05) is 0 Å². The van der Waals surface area contributed by atoms with Crippen molar-refractivity contribution in [2.45, 2.75) is 12.6 Å². The van der Waals surface area contributed by atoms with Crippen molar-refractivity contribution >= 4 is 33.3 Å². The molecule has 0 saturated carbocycles. The van der Waals surface area contributed by atoms with Gasteiger partial charge < -0.3 is 5.11 Å². The van der Waals surface area contributed by atoms with Crippen LogP contribution in [-0.2, 0) is 21.0 Å². The van der Waals surface area contributed by atoms with Crippen LogP contribution in [0, 0.1) is 0 Å². The lowest BCUT2D eigenvalue weighted by Gasteiger charge is -2.12. The molecule has 0 radical (unpaired) electrons. The molecular formula is C10H9ClF3NO4S. The Bertz CT molecular complexity index is 615. The first-order valence-corrected chi connectivity index (χ1v) is 7.13. The number of hydrogen-bond acceptors (Lipinski definition) is 3. The Balaban J connectivity index is 3.00. The predicted octanol–water partition coefficient (Wildman–Crippen LogP) is 2.58. The Labute approximate surface area is 117 Å². The first kappa shape index (κ1) is 16.6. The third-order valence-electron chi connectivity index (χ3n) is 2.14. The predicted molar refractivity (Wildman–Crippen MR) is 66.1 cm³/mol. The highest BCUT2D eigenvalue weighted by Gasteiger charge is 2.31. The normalized spacial score (nSPS) is 12.2. The van der Waals surface area contributed by atoms with Crippen molar-refractivity contribution in [2.75, 3.05) is 10.5 Å². The Morgan fingerprint density at radius 2 is 1.95 bits per heavy atom. The van der Waals surface area contributed by atoms with E-state index in [-0.39, 0.29) is 5.02 Å². The molecule has 0 aromatic heterocycles. The molecule has 0 saturated heterocycles. The molecule has 0 amide bonds. The summed E-state index contributed by atoms with van der Waals surface area (Å²) in [7, 11) is -4.10. The molecule has 2 N–H and O–H groups in total. The van der Waals surface area contributed by atoms with Gasteiger partial charge in [-0.2, -0.15) is 13.2 Å². The molecule has 1 rings (SSSR count). The summed E-state index contributed by atoms with van der Waals surface area (Å²) in [5.74, 6) is -2.11. The molecule has 112 valence electrons. The van der Waals surface area contributed by atoms with Crippen LogP contribution in [0.2, 0.25) is 5.02 Å². The number of carboxylic acids is 1. The highest BCUT2D eigenvalue weighted by molar-refractivity contribution is 7.92. The molecule has 0 atom stereocenters. The van der Waals surface area contributed by atoms with Crippen LogP contribution in [0.4, 0.5) is 18.9 Å². The van der Waals surface area contributed by atoms with E-state index >= 15 is 0 Å². The van der Waals surface area contributed by atoms with Crippen molar-refractivity contribution < 1.29 is 31.5 Å². The fraction of sp³-hybridized carbons (Fsp3) is 0.300. The zero-order valence-corrected chi connectivity index (χ0v) is 11.3. The van der Waals surface area contributed by atoms with E-state index in [2.05, 4.69) is 0 Å². The molecule has 0 aliphatic heterocycles. The molecule has 20 heavy (non-hydrogen) atoms. The average molecular weight is 332 g/mol. The van der Waals surface area contributed by atoms with Gasteiger partial charge in [0.1, 0.15) is 0 Å². The van der Waals surface area contributed by atoms with Crippen molar-refractivity contribution in [1.82, 2.24) is 0 Å². The van der Waals surface area contributed by atoms with Crippen LogP contribution in [0.3, 0.4) is 0 Å². The SMILES string of the molecule is O=C(O)CCS(=O)(=O)Nc1cc(C(F)(F)F)ccc1Cl. The molecule has 0 spiro atoms. The lowest BCUT2D eigenvalue weighted by molar-refractivity contribution is -0.138. The third-order valence-corrected chi connectivity index (χ3v) is 3.75. The molecule has 0 heterocycles. The summed E-state index contributed by atoms with van der Waals surface area (Å²) in [5, 5.41) is 8.16. The van der Waals surface area contributed by atoms with Crippen LogP contribution >= 0.6 is 11.6 Å². The lowest BCUT2D eigenvalue weighted by atomic mass is 10.2. The quantitative estimate of drug-likeness (QED) is 0.868. The zero-order chi connectivity index (χ0) is 15.6. The fourth-order valence-electron chi connectivity index (χ4n) is 1.22. The maximum atomic E-state index is 12.5. The minimum atomic E-state index is -4.65. The van der Waals surface area contributed by atoms with E-state index in [9.17, 15) is 26.4 Å². The van der Waals surface area contributed by atoms with E-state index in [1.165, 1.54) is 0 Å². The highest BCUT2D eigenvalue weighted by atomic mass is 35.5. The molecule has 0 aliphatic carbocycles. The Kier molecular flexibility index (Phi) is 4.87. The maximum Gasteiger partial charge on any atom is 0.416 e. The highest BCUT2D eigenvalue weighted by Crippen LogP contribution is 2.34. The summed E-state index contributed by atoms with van der Waals surface area (Å²) < 4.78 is 62.3. The van der Waals surface area contributed by atoms with Crippen LogP contribution in [0.5, 0.6) is 0 Å². The van der Waals surface area contributed by atoms with Gasteiger partial charge in [-0.05, 0) is 18.2 Å². The van der Waals surface area contributed by atoms with Crippen LogP contribution in [0.15, 0.2) is 18.2 Å². The zero-order valence-electron chi connectivity index (χ0n) is 9.74. The van der Waals surface area contributed by atoms with Gasteiger partial charge in [0.05, 0.1) is 28.4 Å². The van der Waals surface area contributed by atoms with E-state index in [0.29, 0.717) is 12.1 Å². The maximum absolute atomic E-state index is 12.5. The minimum Gasteiger partial charge on any atom is -0.481 e. The second-order valence-corrected chi connectivity index (χ2v) is 6.01.